The fraction of sp³-hybridized carbons (Fsp3) is 0.0952. The van der Waals surface area contributed by atoms with Crippen LogP contribution >= 0.6 is 11.8 Å². The summed E-state index contributed by atoms with van der Waals surface area (Å²) in [5.41, 5.74) is 2.48. The van der Waals surface area contributed by atoms with Gasteiger partial charge in [0.15, 0.2) is 6.61 Å². The van der Waals surface area contributed by atoms with Gasteiger partial charge in [0, 0.05) is 22.7 Å². The predicted octanol–water partition coefficient (Wildman–Crippen LogP) is 4.50. The first-order valence-electron chi connectivity index (χ1n) is 8.53. The van der Waals surface area contributed by atoms with E-state index >= 15 is 0 Å². The standard InChI is InChI=1S/C21H16N2O4S/c1-28-20-15(6-4-10-22-20)21(25)26-12-19(24)23-13-8-9-18-16(11-13)14-5-2-3-7-17(14)27-18/h2-11H,12H2,1H3,(H,23,24). The number of aromatic nitrogens is 1. The van der Waals surface area contributed by atoms with Crippen molar-refractivity contribution in [3.8, 4) is 0 Å². The Morgan fingerprint density at radius 2 is 1.89 bits per heavy atom. The molecule has 0 unspecified atom stereocenters. The molecule has 2 heterocycles. The van der Waals surface area contributed by atoms with Crippen LogP contribution in [0.5, 0.6) is 0 Å². The van der Waals surface area contributed by atoms with Gasteiger partial charge in [0.2, 0.25) is 0 Å². The summed E-state index contributed by atoms with van der Waals surface area (Å²) in [6.07, 6.45) is 3.42. The summed E-state index contributed by atoms with van der Waals surface area (Å²) in [6.45, 7) is -0.383. The number of benzene rings is 2. The zero-order valence-corrected chi connectivity index (χ0v) is 15.8. The summed E-state index contributed by atoms with van der Waals surface area (Å²) in [4.78, 5) is 28.5. The molecule has 140 valence electrons. The van der Waals surface area contributed by atoms with E-state index in [-0.39, 0.29) is 6.61 Å². The molecule has 1 N–H and O–H groups in total. The fourth-order valence-corrected chi connectivity index (χ4v) is 3.46. The molecule has 7 heteroatoms. The molecule has 0 fully saturated rings. The number of anilines is 1. The van der Waals surface area contributed by atoms with Gasteiger partial charge in [0.1, 0.15) is 16.2 Å². The van der Waals surface area contributed by atoms with E-state index in [0.29, 0.717) is 16.3 Å². The number of hydrogen-bond donors (Lipinski definition) is 1. The lowest BCUT2D eigenvalue weighted by atomic mass is 10.1. The van der Waals surface area contributed by atoms with Crippen molar-refractivity contribution in [2.75, 3.05) is 18.2 Å². The molecule has 1 amide bonds. The van der Waals surface area contributed by atoms with Crippen LogP contribution < -0.4 is 5.32 Å². The summed E-state index contributed by atoms with van der Waals surface area (Å²) in [7, 11) is 0. The number of ether oxygens (including phenoxy) is 1. The number of pyridine rings is 1. The molecule has 0 atom stereocenters. The van der Waals surface area contributed by atoms with Crippen molar-refractivity contribution in [3.05, 3.63) is 66.4 Å². The van der Waals surface area contributed by atoms with Gasteiger partial charge >= 0.3 is 5.97 Å². The molecule has 4 rings (SSSR count). The maximum atomic E-state index is 12.2. The van der Waals surface area contributed by atoms with E-state index in [9.17, 15) is 9.59 Å². The minimum absolute atomic E-state index is 0.342. The lowest BCUT2D eigenvalue weighted by Gasteiger charge is -2.08. The molecule has 2 aromatic carbocycles. The zero-order chi connectivity index (χ0) is 19.5. The first-order chi connectivity index (χ1) is 13.7. The first-order valence-corrected chi connectivity index (χ1v) is 9.75. The van der Waals surface area contributed by atoms with E-state index in [1.165, 1.54) is 11.8 Å². The Morgan fingerprint density at radius 1 is 1.07 bits per heavy atom. The van der Waals surface area contributed by atoms with Crippen LogP contribution in [0.25, 0.3) is 21.9 Å². The van der Waals surface area contributed by atoms with Gasteiger partial charge in [0.05, 0.1) is 5.56 Å². The maximum absolute atomic E-state index is 12.2. The highest BCUT2D eigenvalue weighted by Crippen LogP contribution is 2.30. The second-order valence-corrected chi connectivity index (χ2v) is 6.79. The van der Waals surface area contributed by atoms with Crippen LogP contribution in [0.4, 0.5) is 5.69 Å². The maximum Gasteiger partial charge on any atom is 0.341 e. The van der Waals surface area contributed by atoms with Crippen LogP contribution in [-0.2, 0) is 9.53 Å². The monoisotopic (exact) mass is 392 g/mol. The number of nitrogens with zero attached hydrogens (tertiary/aromatic N) is 1. The van der Waals surface area contributed by atoms with Crippen molar-refractivity contribution < 1.29 is 18.7 Å². The van der Waals surface area contributed by atoms with Gasteiger partial charge < -0.3 is 14.5 Å². The Labute approximate surface area is 164 Å². The van der Waals surface area contributed by atoms with Crippen LogP contribution in [-0.4, -0.2) is 29.7 Å². The van der Waals surface area contributed by atoms with Crippen molar-refractivity contribution in [2.24, 2.45) is 0 Å². The summed E-state index contributed by atoms with van der Waals surface area (Å²) in [5.74, 6) is -1.00. The summed E-state index contributed by atoms with van der Waals surface area (Å²) in [5, 5.41) is 5.19. The lowest BCUT2D eigenvalue weighted by Crippen LogP contribution is -2.21. The number of furan rings is 1. The van der Waals surface area contributed by atoms with Crippen molar-refractivity contribution in [1.29, 1.82) is 0 Å². The van der Waals surface area contributed by atoms with Gasteiger partial charge in [-0.15, -0.1) is 11.8 Å². The molecule has 0 bridgehead atoms. The minimum atomic E-state index is -0.580. The van der Waals surface area contributed by atoms with Crippen LogP contribution in [0.3, 0.4) is 0 Å². The topological polar surface area (TPSA) is 81.4 Å². The van der Waals surface area contributed by atoms with Gasteiger partial charge in [0.25, 0.3) is 5.91 Å². The number of carbonyl (C=O) groups excluding carboxylic acids is 2. The Bertz CT molecular complexity index is 1190. The smallest absolute Gasteiger partial charge is 0.341 e. The molecule has 0 aliphatic rings. The Balaban J connectivity index is 1.45. The molecule has 2 aromatic heterocycles. The molecule has 6 nitrogen and oxygen atoms in total. The zero-order valence-electron chi connectivity index (χ0n) is 15.0. The van der Waals surface area contributed by atoms with Crippen LogP contribution in [0.15, 0.2) is 70.2 Å². The second kappa shape index (κ2) is 7.74. The molecule has 4 aromatic rings. The van der Waals surface area contributed by atoms with Crippen LogP contribution in [0, 0.1) is 0 Å². The Hall–Kier alpha value is -3.32. The summed E-state index contributed by atoms with van der Waals surface area (Å²) < 4.78 is 10.9. The quantitative estimate of drug-likeness (QED) is 0.398. The van der Waals surface area contributed by atoms with Gasteiger partial charge in [-0.25, -0.2) is 9.78 Å². The highest BCUT2D eigenvalue weighted by Gasteiger charge is 2.15. The minimum Gasteiger partial charge on any atom is -0.456 e. The second-order valence-electron chi connectivity index (χ2n) is 5.99. The Kier molecular flexibility index (Phi) is 4.99. The molecule has 0 spiro atoms. The largest absolute Gasteiger partial charge is 0.456 e. The van der Waals surface area contributed by atoms with Crippen LogP contribution in [0.2, 0.25) is 0 Å². The van der Waals surface area contributed by atoms with E-state index in [1.54, 1.807) is 30.5 Å². The van der Waals surface area contributed by atoms with Gasteiger partial charge in [-0.3, -0.25) is 4.79 Å². The number of rotatable bonds is 5. The van der Waals surface area contributed by atoms with Gasteiger partial charge in [-0.1, -0.05) is 18.2 Å². The van der Waals surface area contributed by atoms with Crippen molar-refractivity contribution in [2.45, 2.75) is 5.03 Å². The molecule has 0 saturated carbocycles. The number of para-hydroxylation sites is 1. The molecule has 0 aliphatic carbocycles. The van der Waals surface area contributed by atoms with Crippen molar-refractivity contribution >= 4 is 51.3 Å². The molecular weight excluding hydrogens is 376 g/mol. The van der Waals surface area contributed by atoms with Crippen LogP contribution in [0.1, 0.15) is 10.4 Å². The third-order valence-electron chi connectivity index (χ3n) is 4.18. The number of amides is 1. The van der Waals surface area contributed by atoms with E-state index in [4.69, 9.17) is 9.15 Å². The average molecular weight is 392 g/mol. The van der Waals surface area contributed by atoms with Gasteiger partial charge in [-0.05, 0) is 42.7 Å². The number of nitrogens with one attached hydrogen (secondary N) is 1. The SMILES string of the molecule is CSc1ncccc1C(=O)OCC(=O)Nc1ccc2oc3ccccc3c2c1. The lowest BCUT2D eigenvalue weighted by molar-refractivity contribution is -0.119. The number of carbonyl (C=O) groups is 2. The number of fused-ring (bicyclic) bond motifs is 3. The summed E-state index contributed by atoms with van der Waals surface area (Å²) >= 11 is 1.34. The third kappa shape index (κ3) is 3.57. The Morgan fingerprint density at radius 3 is 2.75 bits per heavy atom. The third-order valence-corrected chi connectivity index (χ3v) is 4.89. The normalized spacial score (nSPS) is 10.9. The average Bonchev–Trinajstić information content (AvgIpc) is 3.10. The fourth-order valence-electron chi connectivity index (χ4n) is 2.92. The number of hydrogen-bond acceptors (Lipinski definition) is 6. The predicted molar refractivity (Wildman–Crippen MR) is 109 cm³/mol. The highest BCUT2D eigenvalue weighted by atomic mass is 32.2. The van der Waals surface area contributed by atoms with E-state index in [1.807, 2.05) is 36.6 Å². The first kappa shape index (κ1) is 18.1. The van der Waals surface area contributed by atoms with E-state index in [2.05, 4.69) is 10.3 Å². The van der Waals surface area contributed by atoms with Crippen molar-refractivity contribution in [3.63, 3.8) is 0 Å². The molecule has 28 heavy (non-hydrogen) atoms. The number of thioether (sulfide) groups is 1. The van der Waals surface area contributed by atoms with Gasteiger partial charge in [-0.2, -0.15) is 0 Å². The van der Waals surface area contributed by atoms with Crippen molar-refractivity contribution in [1.82, 2.24) is 4.98 Å². The summed E-state index contributed by atoms with van der Waals surface area (Å²) in [6, 6.07) is 16.4. The molecule has 0 aliphatic heterocycles. The molecule has 0 radical (unpaired) electrons. The highest BCUT2D eigenvalue weighted by molar-refractivity contribution is 7.98. The molecular formula is C21H16N2O4S. The van der Waals surface area contributed by atoms with E-state index in [0.717, 1.165) is 21.9 Å². The number of esters is 1. The van der Waals surface area contributed by atoms with E-state index < -0.39 is 11.9 Å². The molecule has 0 saturated heterocycles.